The molecule has 0 aromatic heterocycles. The van der Waals surface area contributed by atoms with Gasteiger partial charge in [-0.25, -0.2) is 0 Å². The second-order valence-electron chi connectivity index (χ2n) is 2.85. The number of aliphatic hydroxyl groups excluding tert-OH is 1. The third-order valence-corrected chi connectivity index (χ3v) is 4.88. The molecule has 0 heterocycles. The van der Waals surface area contributed by atoms with Gasteiger partial charge < -0.3 is 5.11 Å². The number of rotatable bonds is 5. The van der Waals surface area contributed by atoms with Crippen molar-refractivity contribution in [3.63, 3.8) is 0 Å². The maximum Gasteiger partial charge on any atom is 0.0470 e. The van der Waals surface area contributed by atoms with Gasteiger partial charge in [0.1, 0.15) is 0 Å². The second-order valence-corrected chi connectivity index (χ2v) is 5.96. The van der Waals surface area contributed by atoms with Crippen LogP contribution in [0, 0.1) is 0 Å². The first kappa shape index (κ1) is 10.4. The average Bonchev–Trinajstić information content (AvgIpc) is 1.87. The lowest BCUT2D eigenvalue weighted by Gasteiger charge is -2.19. The van der Waals surface area contributed by atoms with Crippen molar-refractivity contribution in [3.05, 3.63) is 0 Å². The lowest BCUT2D eigenvalue weighted by Crippen LogP contribution is -2.03. The van der Waals surface area contributed by atoms with Crippen LogP contribution < -0.4 is 0 Å². The van der Waals surface area contributed by atoms with Gasteiger partial charge in [-0.3, -0.25) is 0 Å². The van der Waals surface area contributed by atoms with E-state index < -0.39 is 0 Å². The molecule has 0 fully saturated rings. The smallest absolute Gasteiger partial charge is 0.0470 e. The molecule has 1 atom stereocenters. The van der Waals surface area contributed by atoms with Gasteiger partial charge >= 0.3 is 0 Å². The van der Waals surface area contributed by atoms with Crippen molar-refractivity contribution in [1.82, 2.24) is 0 Å². The van der Waals surface area contributed by atoms with E-state index >= 15 is 0 Å². The number of hydrogen-bond donors (Lipinski definition) is 1. The summed E-state index contributed by atoms with van der Waals surface area (Å²) in [5, 5.41) is 8.73. The van der Waals surface area contributed by atoms with Gasteiger partial charge in [0.25, 0.3) is 0 Å². The van der Waals surface area contributed by atoms with Gasteiger partial charge in [0.05, 0.1) is 0 Å². The summed E-state index contributed by atoms with van der Waals surface area (Å²) < 4.78 is 0. The Labute approximate surface area is 65.6 Å². The molecule has 0 aromatic rings. The van der Waals surface area contributed by atoms with Gasteiger partial charge in [-0.1, -0.05) is 27.2 Å². The van der Waals surface area contributed by atoms with Crippen LogP contribution in [0.1, 0.15) is 27.2 Å². The first-order chi connectivity index (χ1) is 4.72. The van der Waals surface area contributed by atoms with Crippen LogP contribution in [0.3, 0.4) is 0 Å². The molecule has 1 nitrogen and oxygen atoms in total. The lowest BCUT2D eigenvalue weighted by atomic mass is 10.6. The van der Waals surface area contributed by atoms with Crippen LogP contribution in [0.5, 0.6) is 0 Å². The highest BCUT2D eigenvalue weighted by molar-refractivity contribution is 7.58. The Kier molecular flexibility index (Phi) is 6.36. The molecule has 0 aliphatic carbocycles. The van der Waals surface area contributed by atoms with Gasteiger partial charge in [0.15, 0.2) is 0 Å². The number of aliphatic hydroxyl groups is 1. The van der Waals surface area contributed by atoms with E-state index in [-0.39, 0.29) is 7.92 Å². The number of hydrogen-bond acceptors (Lipinski definition) is 1. The zero-order chi connectivity index (χ0) is 7.98. The van der Waals surface area contributed by atoms with Gasteiger partial charge in [-0.2, -0.15) is 0 Å². The summed E-state index contributed by atoms with van der Waals surface area (Å²) in [4.78, 5) is 0. The molecule has 1 N–H and O–H groups in total. The first-order valence-electron chi connectivity index (χ1n) is 4.07. The van der Waals surface area contributed by atoms with E-state index in [0.29, 0.717) is 6.61 Å². The molecule has 1 unspecified atom stereocenters. The summed E-state index contributed by atoms with van der Waals surface area (Å²) in [6, 6.07) is 0. The monoisotopic (exact) mass is 162 g/mol. The predicted molar refractivity (Wildman–Crippen MR) is 49.2 cm³/mol. The van der Waals surface area contributed by atoms with Crippen LogP contribution in [0.25, 0.3) is 0 Å². The zero-order valence-electron chi connectivity index (χ0n) is 7.30. The normalized spacial score (nSPS) is 14.1. The molecule has 0 radical (unpaired) electrons. The molecule has 0 aromatic carbocycles. The minimum Gasteiger partial charge on any atom is -0.396 e. The van der Waals surface area contributed by atoms with Crippen molar-refractivity contribution in [2.24, 2.45) is 0 Å². The third-order valence-electron chi connectivity index (χ3n) is 1.63. The minimum absolute atomic E-state index is 0.130. The minimum atomic E-state index is 0.130. The molecule has 0 rings (SSSR count). The Balaban J connectivity index is 3.50. The van der Waals surface area contributed by atoms with Gasteiger partial charge in [-0.15, -0.1) is 7.92 Å². The fraction of sp³-hybridized carbons (Fsp3) is 1.00. The average molecular weight is 162 g/mol. The highest BCUT2D eigenvalue weighted by Gasteiger charge is 2.09. The van der Waals surface area contributed by atoms with Crippen molar-refractivity contribution in [1.29, 1.82) is 0 Å². The summed E-state index contributed by atoms with van der Waals surface area (Å²) in [6.45, 7) is 7.12. The third kappa shape index (κ3) is 4.24. The van der Waals surface area contributed by atoms with E-state index in [9.17, 15) is 0 Å². The molecule has 0 saturated carbocycles. The molecule has 0 saturated heterocycles. The van der Waals surface area contributed by atoms with E-state index in [4.69, 9.17) is 5.11 Å². The van der Waals surface area contributed by atoms with Gasteiger partial charge in [-0.05, 0) is 18.0 Å². The van der Waals surface area contributed by atoms with Crippen molar-refractivity contribution < 1.29 is 5.11 Å². The fourth-order valence-electron chi connectivity index (χ4n) is 1.04. The Hall–Kier alpha value is 0.390. The maximum absolute atomic E-state index is 8.73. The summed E-state index contributed by atoms with van der Waals surface area (Å²) >= 11 is 0. The quantitative estimate of drug-likeness (QED) is 0.615. The Morgan fingerprint density at radius 3 is 2.20 bits per heavy atom. The summed E-state index contributed by atoms with van der Waals surface area (Å²) in [5.74, 6) is 0. The largest absolute Gasteiger partial charge is 0.396 e. The Morgan fingerprint density at radius 2 is 1.90 bits per heavy atom. The van der Waals surface area contributed by atoms with Crippen LogP contribution in [-0.4, -0.2) is 29.7 Å². The van der Waals surface area contributed by atoms with Gasteiger partial charge in [0.2, 0.25) is 0 Å². The Bertz CT molecular complexity index is 67.7. The Morgan fingerprint density at radius 1 is 1.30 bits per heavy atom. The van der Waals surface area contributed by atoms with E-state index in [0.717, 1.165) is 11.8 Å². The standard InChI is InChI=1S/C8H19OP/c1-4-6-10(7-5-9)8(2)3/h8-9H,4-7H2,1-3H3. The van der Waals surface area contributed by atoms with Crippen molar-refractivity contribution in [2.75, 3.05) is 18.9 Å². The summed E-state index contributed by atoms with van der Waals surface area (Å²) in [7, 11) is 0.130. The van der Waals surface area contributed by atoms with Crippen molar-refractivity contribution in [3.8, 4) is 0 Å². The van der Waals surface area contributed by atoms with E-state index in [1.54, 1.807) is 0 Å². The molecule has 0 aliphatic heterocycles. The first-order valence-corrected chi connectivity index (χ1v) is 5.85. The highest BCUT2D eigenvalue weighted by atomic mass is 31.1. The van der Waals surface area contributed by atoms with E-state index in [1.165, 1.54) is 12.6 Å². The predicted octanol–water partition coefficient (Wildman–Crippen LogP) is 2.28. The van der Waals surface area contributed by atoms with Crippen LogP contribution in [0.4, 0.5) is 0 Å². The van der Waals surface area contributed by atoms with Crippen LogP contribution >= 0.6 is 7.92 Å². The molecule has 2 heteroatoms. The molecule has 0 spiro atoms. The summed E-state index contributed by atoms with van der Waals surface area (Å²) in [6.07, 6.45) is 3.64. The van der Waals surface area contributed by atoms with Crippen LogP contribution in [0.2, 0.25) is 0 Å². The fourth-order valence-corrected chi connectivity index (χ4v) is 3.13. The van der Waals surface area contributed by atoms with Crippen LogP contribution in [-0.2, 0) is 0 Å². The van der Waals surface area contributed by atoms with Crippen molar-refractivity contribution in [2.45, 2.75) is 32.9 Å². The van der Waals surface area contributed by atoms with E-state index in [2.05, 4.69) is 20.8 Å². The van der Waals surface area contributed by atoms with E-state index in [1.807, 2.05) is 0 Å². The van der Waals surface area contributed by atoms with Crippen molar-refractivity contribution >= 4 is 7.92 Å². The summed E-state index contributed by atoms with van der Waals surface area (Å²) in [5.41, 5.74) is 0.794. The van der Waals surface area contributed by atoms with Crippen LogP contribution in [0.15, 0.2) is 0 Å². The SMILES string of the molecule is CCCP(CCO)C(C)C. The molecular formula is C8H19OP. The second kappa shape index (κ2) is 6.12. The zero-order valence-corrected chi connectivity index (χ0v) is 8.19. The molecule has 10 heavy (non-hydrogen) atoms. The molecule has 0 amide bonds. The maximum atomic E-state index is 8.73. The molecule has 0 aliphatic rings. The molecule has 0 bridgehead atoms. The molecular weight excluding hydrogens is 143 g/mol. The molecule has 62 valence electrons. The lowest BCUT2D eigenvalue weighted by molar-refractivity contribution is 0.321. The highest BCUT2D eigenvalue weighted by Crippen LogP contribution is 2.40. The van der Waals surface area contributed by atoms with Gasteiger partial charge in [0, 0.05) is 6.61 Å². The topological polar surface area (TPSA) is 20.2 Å².